The van der Waals surface area contributed by atoms with E-state index >= 15 is 0 Å². The highest BCUT2D eigenvalue weighted by Gasteiger charge is 2.58. The first-order valence-corrected chi connectivity index (χ1v) is 9.80. The van der Waals surface area contributed by atoms with Crippen LogP contribution in [0.15, 0.2) is 18.2 Å². The lowest BCUT2D eigenvalue weighted by molar-refractivity contribution is -0.144. The highest BCUT2D eigenvalue weighted by Crippen LogP contribution is 2.47. The molecule has 1 aromatic rings. The normalized spacial score (nSPS) is 19.8. The van der Waals surface area contributed by atoms with Crippen LogP contribution in [0.1, 0.15) is 44.2 Å². The SMILES string of the molecule is CCC(C)NC(=O)C1(C(=O)N2CCN(c3cccc(C)c3C)CC2)CC1. The van der Waals surface area contributed by atoms with Gasteiger partial charge in [0.1, 0.15) is 5.41 Å². The van der Waals surface area contributed by atoms with Crippen molar-refractivity contribution in [3.05, 3.63) is 29.3 Å². The van der Waals surface area contributed by atoms with E-state index in [1.54, 1.807) is 0 Å². The summed E-state index contributed by atoms with van der Waals surface area (Å²) in [6, 6.07) is 6.50. The molecular formula is C21H31N3O2. The topological polar surface area (TPSA) is 52.7 Å². The summed E-state index contributed by atoms with van der Waals surface area (Å²) in [7, 11) is 0. The predicted octanol–water partition coefficient (Wildman–Crippen LogP) is 2.65. The van der Waals surface area contributed by atoms with Crippen LogP contribution in [0, 0.1) is 19.3 Å². The number of hydrogen-bond donors (Lipinski definition) is 1. The molecule has 1 aromatic carbocycles. The Hall–Kier alpha value is -2.04. The van der Waals surface area contributed by atoms with Crippen molar-refractivity contribution in [2.24, 2.45) is 5.41 Å². The zero-order valence-electron chi connectivity index (χ0n) is 16.5. The van der Waals surface area contributed by atoms with Gasteiger partial charge in [0.05, 0.1) is 0 Å². The Morgan fingerprint density at radius 1 is 1.15 bits per heavy atom. The molecule has 5 nitrogen and oxygen atoms in total. The fraction of sp³-hybridized carbons (Fsp3) is 0.619. The van der Waals surface area contributed by atoms with Gasteiger partial charge in [-0.1, -0.05) is 19.1 Å². The third kappa shape index (κ3) is 3.44. The number of carbonyl (C=O) groups is 2. The largest absolute Gasteiger partial charge is 0.368 e. The van der Waals surface area contributed by atoms with Gasteiger partial charge in [0.15, 0.2) is 0 Å². The second-order valence-electron chi connectivity index (χ2n) is 7.86. The van der Waals surface area contributed by atoms with E-state index in [9.17, 15) is 9.59 Å². The van der Waals surface area contributed by atoms with Crippen LogP contribution in [-0.4, -0.2) is 48.9 Å². The van der Waals surface area contributed by atoms with Crippen LogP contribution in [0.2, 0.25) is 0 Å². The van der Waals surface area contributed by atoms with Gasteiger partial charge in [0.25, 0.3) is 0 Å². The van der Waals surface area contributed by atoms with Crippen LogP contribution in [0.5, 0.6) is 0 Å². The van der Waals surface area contributed by atoms with Gasteiger partial charge in [0, 0.05) is 37.9 Å². The summed E-state index contributed by atoms with van der Waals surface area (Å²) in [4.78, 5) is 29.8. The van der Waals surface area contributed by atoms with Crippen LogP contribution >= 0.6 is 0 Å². The molecule has 2 aliphatic rings. The molecule has 1 aliphatic carbocycles. The van der Waals surface area contributed by atoms with Crippen LogP contribution in [-0.2, 0) is 9.59 Å². The molecule has 2 fully saturated rings. The number of nitrogens with one attached hydrogen (secondary N) is 1. The minimum absolute atomic E-state index is 0.0268. The molecule has 0 spiro atoms. The van der Waals surface area contributed by atoms with E-state index in [4.69, 9.17) is 0 Å². The lowest BCUT2D eigenvalue weighted by Crippen LogP contribution is -2.54. The molecule has 1 saturated heterocycles. The first kappa shape index (κ1) is 18.7. The van der Waals surface area contributed by atoms with Crippen molar-refractivity contribution in [2.75, 3.05) is 31.1 Å². The molecule has 5 heteroatoms. The Morgan fingerprint density at radius 3 is 2.38 bits per heavy atom. The number of anilines is 1. The molecule has 1 heterocycles. The van der Waals surface area contributed by atoms with Gasteiger partial charge in [-0.05, 0) is 57.2 Å². The number of nitrogens with zero attached hydrogens (tertiary/aromatic N) is 2. The summed E-state index contributed by atoms with van der Waals surface area (Å²) in [6.07, 6.45) is 2.25. The molecule has 0 radical (unpaired) electrons. The molecule has 0 bridgehead atoms. The summed E-state index contributed by atoms with van der Waals surface area (Å²) in [5.41, 5.74) is 3.07. The van der Waals surface area contributed by atoms with Crippen molar-refractivity contribution in [3.63, 3.8) is 0 Å². The van der Waals surface area contributed by atoms with E-state index in [1.165, 1.54) is 16.8 Å². The van der Waals surface area contributed by atoms with Crippen LogP contribution in [0.4, 0.5) is 5.69 Å². The maximum atomic E-state index is 13.0. The molecule has 142 valence electrons. The lowest BCUT2D eigenvalue weighted by atomic mass is 10.0. The molecule has 0 aromatic heterocycles. The second kappa shape index (κ2) is 7.29. The smallest absolute Gasteiger partial charge is 0.238 e. The standard InChI is InChI=1S/C21H31N3O2/c1-5-16(3)22-19(25)21(9-10-21)20(26)24-13-11-23(12-14-24)18-8-6-7-15(2)17(18)4/h6-8,16H,5,9-14H2,1-4H3,(H,22,25). The average Bonchev–Trinajstić information content (AvgIpc) is 3.45. The van der Waals surface area contributed by atoms with Gasteiger partial charge in [-0.3, -0.25) is 9.59 Å². The predicted molar refractivity (Wildman–Crippen MR) is 104 cm³/mol. The molecule has 2 amide bonds. The van der Waals surface area contributed by atoms with E-state index in [0.717, 1.165) is 19.5 Å². The maximum Gasteiger partial charge on any atom is 0.238 e. The zero-order chi connectivity index (χ0) is 18.9. The summed E-state index contributed by atoms with van der Waals surface area (Å²) >= 11 is 0. The van der Waals surface area contributed by atoms with E-state index in [-0.39, 0.29) is 17.9 Å². The Bertz CT molecular complexity index is 688. The zero-order valence-corrected chi connectivity index (χ0v) is 16.5. The number of rotatable bonds is 5. The Kier molecular flexibility index (Phi) is 5.26. The van der Waals surface area contributed by atoms with Gasteiger partial charge in [0.2, 0.25) is 11.8 Å². The Labute approximate surface area is 156 Å². The minimum Gasteiger partial charge on any atom is -0.368 e. The average molecular weight is 357 g/mol. The number of aryl methyl sites for hydroxylation is 1. The van der Waals surface area contributed by atoms with Gasteiger partial charge in [-0.2, -0.15) is 0 Å². The molecule has 1 atom stereocenters. The molecule has 1 aliphatic heterocycles. The van der Waals surface area contributed by atoms with Crippen LogP contribution in [0.3, 0.4) is 0 Å². The number of benzene rings is 1. The summed E-state index contributed by atoms with van der Waals surface area (Å²) in [6.45, 7) is 11.3. The molecule has 1 saturated carbocycles. The third-order valence-electron chi connectivity index (χ3n) is 6.07. The summed E-state index contributed by atoms with van der Waals surface area (Å²) in [5.74, 6) is -0.0484. The van der Waals surface area contributed by atoms with Crippen molar-refractivity contribution >= 4 is 17.5 Å². The Morgan fingerprint density at radius 2 is 1.81 bits per heavy atom. The summed E-state index contributed by atoms with van der Waals surface area (Å²) in [5, 5.41) is 3.00. The van der Waals surface area contributed by atoms with Crippen LogP contribution in [0.25, 0.3) is 0 Å². The van der Waals surface area contributed by atoms with E-state index in [2.05, 4.69) is 42.3 Å². The first-order valence-electron chi connectivity index (χ1n) is 9.80. The number of hydrogen-bond acceptors (Lipinski definition) is 3. The Balaban J connectivity index is 1.62. The molecular weight excluding hydrogens is 326 g/mol. The summed E-state index contributed by atoms with van der Waals surface area (Å²) < 4.78 is 0. The number of amides is 2. The van der Waals surface area contributed by atoms with E-state index < -0.39 is 5.41 Å². The molecule has 3 rings (SSSR count). The monoisotopic (exact) mass is 357 g/mol. The fourth-order valence-corrected chi connectivity index (χ4v) is 3.66. The van der Waals surface area contributed by atoms with E-state index in [1.807, 2.05) is 18.7 Å². The number of carbonyl (C=O) groups excluding carboxylic acids is 2. The lowest BCUT2D eigenvalue weighted by Gasteiger charge is -2.38. The number of piperazine rings is 1. The van der Waals surface area contributed by atoms with Crippen molar-refractivity contribution in [1.29, 1.82) is 0 Å². The fourth-order valence-electron chi connectivity index (χ4n) is 3.66. The third-order valence-corrected chi connectivity index (χ3v) is 6.07. The molecule has 26 heavy (non-hydrogen) atoms. The van der Waals surface area contributed by atoms with Crippen molar-refractivity contribution in [3.8, 4) is 0 Å². The highest BCUT2D eigenvalue weighted by atomic mass is 16.2. The highest BCUT2D eigenvalue weighted by molar-refractivity contribution is 6.08. The van der Waals surface area contributed by atoms with Gasteiger partial charge < -0.3 is 15.1 Å². The minimum atomic E-state index is -0.787. The van der Waals surface area contributed by atoms with Gasteiger partial charge in [-0.15, -0.1) is 0 Å². The van der Waals surface area contributed by atoms with Crippen molar-refractivity contribution in [2.45, 2.75) is 53.0 Å². The molecule has 1 N–H and O–H groups in total. The maximum absolute atomic E-state index is 13.0. The van der Waals surface area contributed by atoms with E-state index in [0.29, 0.717) is 25.9 Å². The van der Waals surface area contributed by atoms with Crippen LogP contribution < -0.4 is 10.2 Å². The first-order chi connectivity index (χ1) is 12.4. The quantitative estimate of drug-likeness (QED) is 0.824. The van der Waals surface area contributed by atoms with Crippen molar-refractivity contribution < 1.29 is 9.59 Å². The van der Waals surface area contributed by atoms with Gasteiger partial charge in [-0.25, -0.2) is 0 Å². The van der Waals surface area contributed by atoms with Crippen molar-refractivity contribution in [1.82, 2.24) is 10.2 Å². The molecule has 1 unspecified atom stereocenters. The second-order valence-corrected chi connectivity index (χ2v) is 7.86. The van der Waals surface area contributed by atoms with Gasteiger partial charge >= 0.3 is 0 Å².